The molecule has 2 nitrogen and oxygen atoms in total. The predicted molar refractivity (Wildman–Crippen MR) is 55.7 cm³/mol. The van der Waals surface area contributed by atoms with Gasteiger partial charge in [-0.25, -0.2) is 0 Å². The molecule has 2 heteroatoms. The maximum absolute atomic E-state index is 9.11. The van der Waals surface area contributed by atoms with E-state index in [1.54, 1.807) is 0 Å². The number of nitrogens with one attached hydrogen (secondary N) is 1. The van der Waals surface area contributed by atoms with Gasteiger partial charge in [-0.2, -0.15) is 0 Å². The lowest BCUT2D eigenvalue weighted by Gasteiger charge is -2.29. The van der Waals surface area contributed by atoms with Crippen molar-refractivity contribution in [1.29, 1.82) is 0 Å². The Morgan fingerprint density at radius 3 is 2.69 bits per heavy atom. The largest absolute Gasteiger partial charge is 0.393 e. The van der Waals surface area contributed by atoms with E-state index in [0.29, 0.717) is 6.04 Å². The van der Waals surface area contributed by atoms with Gasteiger partial charge in [0.2, 0.25) is 0 Å². The van der Waals surface area contributed by atoms with E-state index >= 15 is 0 Å². The second kappa shape index (κ2) is 5.61. The topological polar surface area (TPSA) is 32.3 Å². The minimum absolute atomic E-state index is 0.161. The molecule has 0 saturated heterocycles. The predicted octanol–water partition coefficient (Wildman–Crippen LogP) is 1.93. The van der Waals surface area contributed by atoms with Gasteiger partial charge in [0.15, 0.2) is 0 Å². The first kappa shape index (κ1) is 11.0. The van der Waals surface area contributed by atoms with Gasteiger partial charge in [-0.3, -0.25) is 0 Å². The summed E-state index contributed by atoms with van der Waals surface area (Å²) in [6, 6.07) is 0.701. The zero-order chi connectivity index (χ0) is 9.68. The Morgan fingerprint density at radius 2 is 2.08 bits per heavy atom. The van der Waals surface area contributed by atoms with Crippen molar-refractivity contribution in [2.24, 2.45) is 5.92 Å². The van der Waals surface area contributed by atoms with Crippen molar-refractivity contribution in [3.8, 4) is 0 Å². The van der Waals surface area contributed by atoms with Crippen molar-refractivity contribution in [3.05, 3.63) is 0 Å². The Balaban J connectivity index is 2.11. The van der Waals surface area contributed by atoms with E-state index in [0.717, 1.165) is 18.9 Å². The third kappa shape index (κ3) is 4.10. The fraction of sp³-hybridized carbons (Fsp3) is 1.00. The summed E-state index contributed by atoms with van der Waals surface area (Å²) in [6.45, 7) is 5.15. The Morgan fingerprint density at radius 1 is 1.38 bits per heavy atom. The highest BCUT2D eigenvalue weighted by Crippen LogP contribution is 2.23. The molecule has 1 aliphatic rings. The van der Waals surface area contributed by atoms with Gasteiger partial charge in [0.1, 0.15) is 0 Å². The number of aliphatic hydroxyl groups excluding tert-OH is 1. The van der Waals surface area contributed by atoms with E-state index in [1.165, 1.54) is 25.7 Å². The van der Waals surface area contributed by atoms with Gasteiger partial charge >= 0.3 is 0 Å². The van der Waals surface area contributed by atoms with Gasteiger partial charge < -0.3 is 10.4 Å². The highest BCUT2D eigenvalue weighted by Gasteiger charge is 2.20. The van der Waals surface area contributed by atoms with Crippen LogP contribution in [0.4, 0.5) is 0 Å². The molecular weight excluding hydrogens is 162 g/mol. The molecule has 0 heterocycles. The van der Waals surface area contributed by atoms with Crippen LogP contribution in [0.2, 0.25) is 0 Å². The maximum Gasteiger partial charge on any atom is 0.0524 e. The summed E-state index contributed by atoms with van der Waals surface area (Å²) in [7, 11) is 0. The summed E-state index contributed by atoms with van der Waals surface area (Å²) in [5.74, 6) is 0.822. The minimum atomic E-state index is -0.161. The average molecular weight is 185 g/mol. The molecule has 0 aromatic rings. The number of rotatable bonds is 4. The maximum atomic E-state index is 9.11. The van der Waals surface area contributed by atoms with Crippen LogP contribution in [0.25, 0.3) is 0 Å². The molecule has 0 bridgehead atoms. The molecule has 1 aliphatic carbocycles. The zero-order valence-corrected chi connectivity index (χ0v) is 8.92. The van der Waals surface area contributed by atoms with E-state index in [1.807, 2.05) is 6.92 Å². The normalized spacial score (nSPS) is 31.6. The smallest absolute Gasteiger partial charge is 0.0524 e. The quantitative estimate of drug-likeness (QED) is 0.701. The summed E-state index contributed by atoms with van der Waals surface area (Å²) in [4.78, 5) is 0. The Bertz CT molecular complexity index is 136. The summed E-state index contributed by atoms with van der Waals surface area (Å²) in [5.41, 5.74) is 0. The molecule has 0 aliphatic heterocycles. The summed E-state index contributed by atoms with van der Waals surface area (Å²) in [6.07, 6.45) is 6.18. The fourth-order valence-corrected chi connectivity index (χ4v) is 2.10. The van der Waals surface area contributed by atoms with E-state index in [-0.39, 0.29) is 6.10 Å². The summed E-state index contributed by atoms with van der Waals surface area (Å²) in [5, 5.41) is 12.7. The summed E-state index contributed by atoms with van der Waals surface area (Å²) < 4.78 is 0. The lowest BCUT2D eigenvalue weighted by Crippen LogP contribution is -2.38. The van der Waals surface area contributed by atoms with Crippen LogP contribution in [0.3, 0.4) is 0 Å². The van der Waals surface area contributed by atoms with Crippen molar-refractivity contribution >= 4 is 0 Å². The lowest BCUT2D eigenvalue weighted by atomic mass is 9.86. The van der Waals surface area contributed by atoms with Gasteiger partial charge in [0.05, 0.1) is 6.10 Å². The van der Waals surface area contributed by atoms with Crippen LogP contribution in [0.5, 0.6) is 0 Å². The van der Waals surface area contributed by atoms with E-state index in [2.05, 4.69) is 12.2 Å². The molecule has 3 atom stereocenters. The third-order valence-corrected chi connectivity index (χ3v) is 3.08. The second-order valence-corrected chi connectivity index (χ2v) is 4.46. The Hall–Kier alpha value is -0.0800. The Labute approximate surface area is 81.7 Å². The minimum Gasteiger partial charge on any atom is -0.393 e. The first-order chi connectivity index (χ1) is 6.20. The van der Waals surface area contributed by atoms with E-state index in [4.69, 9.17) is 5.11 Å². The average Bonchev–Trinajstić information content (AvgIpc) is 2.08. The molecular formula is C11H23NO. The number of aliphatic hydroxyl groups is 1. The Kier molecular flexibility index (Phi) is 4.74. The monoisotopic (exact) mass is 185 g/mol. The van der Waals surface area contributed by atoms with Crippen LogP contribution in [0.1, 0.15) is 46.0 Å². The molecule has 0 spiro atoms. The molecule has 1 rings (SSSR count). The molecule has 0 unspecified atom stereocenters. The molecule has 0 aromatic heterocycles. The second-order valence-electron chi connectivity index (χ2n) is 4.46. The zero-order valence-electron chi connectivity index (χ0n) is 8.92. The van der Waals surface area contributed by atoms with Gasteiger partial charge in [-0.05, 0) is 38.6 Å². The molecule has 13 heavy (non-hydrogen) atoms. The molecule has 0 amide bonds. The van der Waals surface area contributed by atoms with Crippen LogP contribution < -0.4 is 5.32 Å². The van der Waals surface area contributed by atoms with Crippen LogP contribution >= 0.6 is 0 Å². The molecule has 78 valence electrons. The molecule has 0 radical (unpaired) electrons. The van der Waals surface area contributed by atoms with Gasteiger partial charge in [0, 0.05) is 6.04 Å². The SMILES string of the molecule is C[C@H](O)CCN[C@@H]1CCCC[C@@H]1C. The van der Waals surface area contributed by atoms with Gasteiger partial charge in [-0.1, -0.05) is 19.8 Å². The van der Waals surface area contributed by atoms with Crippen molar-refractivity contribution in [2.75, 3.05) is 6.54 Å². The highest BCUT2D eigenvalue weighted by atomic mass is 16.3. The van der Waals surface area contributed by atoms with Crippen LogP contribution in [-0.4, -0.2) is 23.8 Å². The standard InChI is InChI=1S/C11H23NO/c1-9-5-3-4-6-11(9)12-8-7-10(2)13/h9-13H,3-8H2,1-2H3/t9-,10-,11+/m0/s1. The molecule has 2 N–H and O–H groups in total. The van der Waals surface area contributed by atoms with Gasteiger partial charge in [-0.15, -0.1) is 0 Å². The number of hydrogen-bond donors (Lipinski definition) is 2. The third-order valence-electron chi connectivity index (χ3n) is 3.08. The van der Waals surface area contributed by atoms with Crippen molar-refractivity contribution in [1.82, 2.24) is 5.32 Å². The first-order valence-electron chi connectivity index (χ1n) is 5.61. The first-order valence-corrected chi connectivity index (χ1v) is 5.61. The highest BCUT2D eigenvalue weighted by molar-refractivity contribution is 4.77. The van der Waals surface area contributed by atoms with Crippen molar-refractivity contribution in [3.63, 3.8) is 0 Å². The van der Waals surface area contributed by atoms with E-state index in [9.17, 15) is 0 Å². The molecule has 1 fully saturated rings. The molecule has 0 aromatic carbocycles. The lowest BCUT2D eigenvalue weighted by molar-refractivity contribution is 0.177. The van der Waals surface area contributed by atoms with Gasteiger partial charge in [0.25, 0.3) is 0 Å². The van der Waals surface area contributed by atoms with Crippen LogP contribution in [0, 0.1) is 5.92 Å². The van der Waals surface area contributed by atoms with E-state index < -0.39 is 0 Å². The van der Waals surface area contributed by atoms with Crippen molar-refractivity contribution in [2.45, 2.75) is 58.1 Å². The number of hydrogen-bond acceptors (Lipinski definition) is 2. The summed E-state index contributed by atoms with van der Waals surface area (Å²) >= 11 is 0. The van der Waals surface area contributed by atoms with Crippen molar-refractivity contribution < 1.29 is 5.11 Å². The van der Waals surface area contributed by atoms with Crippen LogP contribution in [0.15, 0.2) is 0 Å². The van der Waals surface area contributed by atoms with Crippen LogP contribution in [-0.2, 0) is 0 Å². The molecule has 1 saturated carbocycles. The fourth-order valence-electron chi connectivity index (χ4n) is 2.10.